The maximum atomic E-state index is 13.3. The van der Waals surface area contributed by atoms with Gasteiger partial charge in [0.2, 0.25) is 0 Å². The van der Waals surface area contributed by atoms with Gasteiger partial charge in [0.25, 0.3) is 0 Å². The Hall–Kier alpha value is -0.960. The van der Waals surface area contributed by atoms with Gasteiger partial charge in [0.1, 0.15) is 11.6 Å². The number of rotatable bonds is 2. The minimum atomic E-state index is -0.511. The molecule has 3 heteroatoms. The van der Waals surface area contributed by atoms with Gasteiger partial charge in [-0.1, -0.05) is 0 Å². The van der Waals surface area contributed by atoms with Crippen molar-refractivity contribution in [2.45, 2.75) is 25.2 Å². The van der Waals surface area contributed by atoms with E-state index in [9.17, 15) is 8.78 Å². The zero-order valence-corrected chi connectivity index (χ0v) is 8.11. The lowest BCUT2D eigenvalue weighted by molar-refractivity contribution is 0.563. The smallest absolute Gasteiger partial charge is 0.129 e. The number of nitrogens with two attached hydrogens (primary N) is 1. The third-order valence-electron chi connectivity index (χ3n) is 3.12. The molecule has 0 unspecified atom stereocenters. The molecule has 1 aromatic rings. The quantitative estimate of drug-likeness (QED) is 0.773. The van der Waals surface area contributed by atoms with Crippen LogP contribution in [0.5, 0.6) is 0 Å². The molecule has 1 aromatic carbocycles. The minimum Gasteiger partial charge on any atom is -0.330 e. The van der Waals surface area contributed by atoms with Crippen molar-refractivity contribution in [2.24, 2.45) is 5.73 Å². The average Bonchev–Trinajstić information content (AvgIpc) is 2.92. The van der Waals surface area contributed by atoms with E-state index in [1.807, 2.05) is 0 Å². The van der Waals surface area contributed by atoms with Gasteiger partial charge in [-0.25, -0.2) is 8.78 Å². The van der Waals surface area contributed by atoms with E-state index in [1.54, 1.807) is 6.92 Å². The molecule has 0 spiro atoms. The molecule has 76 valence electrons. The average molecular weight is 197 g/mol. The molecule has 1 aliphatic rings. The molecule has 1 aliphatic carbocycles. The summed E-state index contributed by atoms with van der Waals surface area (Å²) < 4.78 is 26.3. The fraction of sp³-hybridized carbons (Fsp3) is 0.455. The first kappa shape index (κ1) is 9.59. The maximum Gasteiger partial charge on any atom is 0.129 e. The van der Waals surface area contributed by atoms with Crippen LogP contribution >= 0.6 is 0 Å². The van der Waals surface area contributed by atoms with E-state index in [0.29, 0.717) is 12.1 Å². The zero-order valence-electron chi connectivity index (χ0n) is 8.11. The largest absolute Gasteiger partial charge is 0.330 e. The van der Waals surface area contributed by atoms with Crippen LogP contribution in [-0.2, 0) is 5.41 Å². The van der Waals surface area contributed by atoms with Crippen molar-refractivity contribution in [1.29, 1.82) is 0 Å². The first-order valence-electron chi connectivity index (χ1n) is 4.75. The number of halogens is 2. The monoisotopic (exact) mass is 197 g/mol. The molecule has 1 saturated carbocycles. The van der Waals surface area contributed by atoms with Crippen LogP contribution in [0.25, 0.3) is 0 Å². The Balaban J connectivity index is 2.52. The molecule has 0 aliphatic heterocycles. The standard InChI is InChI=1S/C11H13F2N/c1-7-9(11(6-14)2-3-11)4-8(12)5-10(7)13/h4-5H,2-3,6,14H2,1H3. The predicted molar refractivity (Wildman–Crippen MR) is 51.1 cm³/mol. The van der Waals surface area contributed by atoms with Crippen LogP contribution in [0.2, 0.25) is 0 Å². The third kappa shape index (κ3) is 1.32. The molecule has 0 heterocycles. The van der Waals surface area contributed by atoms with E-state index in [4.69, 9.17) is 5.73 Å². The molecule has 2 N–H and O–H groups in total. The molecule has 0 saturated heterocycles. The Kier molecular flexibility index (Phi) is 2.07. The second-order valence-electron chi connectivity index (χ2n) is 4.04. The second kappa shape index (κ2) is 3.02. The fourth-order valence-corrected chi connectivity index (χ4v) is 1.93. The molecule has 1 fully saturated rings. The van der Waals surface area contributed by atoms with Crippen molar-refractivity contribution < 1.29 is 8.78 Å². The van der Waals surface area contributed by atoms with Gasteiger partial charge in [0.15, 0.2) is 0 Å². The second-order valence-corrected chi connectivity index (χ2v) is 4.04. The highest BCUT2D eigenvalue weighted by molar-refractivity contribution is 5.39. The zero-order chi connectivity index (χ0) is 10.3. The van der Waals surface area contributed by atoms with E-state index >= 15 is 0 Å². The Morgan fingerprint density at radius 1 is 1.36 bits per heavy atom. The number of benzene rings is 1. The van der Waals surface area contributed by atoms with E-state index < -0.39 is 11.6 Å². The van der Waals surface area contributed by atoms with Gasteiger partial charge in [-0.2, -0.15) is 0 Å². The van der Waals surface area contributed by atoms with E-state index in [0.717, 1.165) is 24.5 Å². The van der Waals surface area contributed by atoms with Crippen molar-refractivity contribution in [3.63, 3.8) is 0 Å². The minimum absolute atomic E-state index is 0.146. The van der Waals surface area contributed by atoms with Gasteiger partial charge in [-0.15, -0.1) is 0 Å². The molecular formula is C11H13F2N. The number of hydrogen-bond donors (Lipinski definition) is 1. The third-order valence-corrected chi connectivity index (χ3v) is 3.12. The highest BCUT2D eigenvalue weighted by atomic mass is 19.1. The van der Waals surface area contributed by atoms with Crippen molar-refractivity contribution in [3.05, 3.63) is 34.9 Å². The van der Waals surface area contributed by atoms with Crippen LogP contribution in [0.15, 0.2) is 12.1 Å². The summed E-state index contributed by atoms with van der Waals surface area (Å²) >= 11 is 0. The van der Waals surface area contributed by atoms with Crippen molar-refractivity contribution >= 4 is 0 Å². The summed E-state index contributed by atoms with van der Waals surface area (Å²) in [4.78, 5) is 0. The summed E-state index contributed by atoms with van der Waals surface area (Å²) in [6, 6.07) is 2.34. The summed E-state index contributed by atoms with van der Waals surface area (Å²) in [5.74, 6) is -0.984. The fourth-order valence-electron chi connectivity index (χ4n) is 1.93. The number of hydrogen-bond acceptors (Lipinski definition) is 1. The van der Waals surface area contributed by atoms with Gasteiger partial charge in [0.05, 0.1) is 0 Å². The molecule has 2 rings (SSSR count). The van der Waals surface area contributed by atoms with Crippen molar-refractivity contribution in [1.82, 2.24) is 0 Å². The van der Waals surface area contributed by atoms with Gasteiger partial charge >= 0.3 is 0 Å². The first-order chi connectivity index (χ1) is 6.59. The molecule has 14 heavy (non-hydrogen) atoms. The molecule has 0 amide bonds. The predicted octanol–water partition coefficient (Wildman–Crippen LogP) is 2.26. The van der Waals surface area contributed by atoms with Crippen molar-refractivity contribution in [3.8, 4) is 0 Å². The molecule has 0 radical (unpaired) electrons. The van der Waals surface area contributed by atoms with Crippen molar-refractivity contribution in [2.75, 3.05) is 6.54 Å². The van der Waals surface area contributed by atoms with Crippen LogP contribution in [-0.4, -0.2) is 6.54 Å². The summed E-state index contributed by atoms with van der Waals surface area (Å²) in [5, 5.41) is 0. The lowest BCUT2D eigenvalue weighted by Gasteiger charge is -2.16. The van der Waals surface area contributed by atoms with E-state index in [2.05, 4.69) is 0 Å². The SMILES string of the molecule is Cc1c(F)cc(F)cc1C1(CN)CC1. The van der Waals surface area contributed by atoms with Crippen LogP contribution < -0.4 is 5.73 Å². The van der Waals surface area contributed by atoms with Crippen LogP contribution in [0, 0.1) is 18.6 Å². The lowest BCUT2D eigenvalue weighted by Crippen LogP contribution is -2.21. The summed E-state index contributed by atoms with van der Waals surface area (Å²) in [5.41, 5.74) is 6.76. The highest BCUT2D eigenvalue weighted by Crippen LogP contribution is 2.48. The Labute approximate surface area is 81.9 Å². The maximum absolute atomic E-state index is 13.3. The molecular weight excluding hydrogens is 184 g/mol. The molecule has 1 nitrogen and oxygen atoms in total. The van der Waals surface area contributed by atoms with E-state index in [1.165, 1.54) is 6.07 Å². The summed E-state index contributed by atoms with van der Waals surface area (Å²) in [7, 11) is 0. The topological polar surface area (TPSA) is 26.0 Å². The highest BCUT2D eigenvalue weighted by Gasteiger charge is 2.44. The first-order valence-corrected chi connectivity index (χ1v) is 4.75. The van der Waals surface area contributed by atoms with E-state index in [-0.39, 0.29) is 5.41 Å². The summed E-state index contributed by atoms with van der Waals surface area (Å²) in [6.07, 6.45) is 1.88. The summed E-state index contributed by atoms with van der Waals surface area (Å²) in [6.45, 7) is 2.15. The Bertz CT molecular complexity index is 370. The molecule has 0 bridgehead atoms. The van der Waals surface area contributed by atoms with Gasteiger partial charge < -0.3 is 5.73 Å². The Morgan fingerprint density at radius 2 is 2.00 bits per heavy atom. The van der Waals surface area contributed by atoms with Gasteiger partial charge in [-0.05, 0) is 37.0 Å². The van der Waals surface area contributed by atoms with Gasteiger partial charge in [-0.3, -0.25) is 0 Å². The van der Waals surface area contributed by atoms with Gasteiger partial charge in [0, 0.05) is 18.0 Å². The molecule has 0 aromatic heterocycles. The Morgan fingerprint density at radius 3 is 2.50 bits per heavy atom. The van der Waals surface area contributed by atoms with Crippen LogP contribution in [0.1, 0.15) is 24.0 Å². The van der Waals surface area contributed by atoms with Crippen LogP contribution in [0.4, 0.5) is 8.78 Å². The van der Waals surface area contributed by atoms with Crippen LogP contribution in [0.3, 0.4) is 0 Å². The lowest BCUT2D eigenvalue weighted by atomic mass is 9.91. The molecule has 0 atom stereocenters. The normalized spacial score (nSPS) is 18.3.